The molecule has 1 N–H and O–H groups in total. The van der Waals surface area contributed by atoms with Crippen LogP contribution in [0.3, 0.4) is 0 Å². The quantitative estimate of drug-likeness (QED) is 0.903. The second kappa shape index (κ2) is 6.11. The largest absolute Gasteiger partial charge is 0.459 e. The number of amides is 2. The van der Waals surface area contributed by atoms with Crippen molar-refractivity contribution in [1.29, 1.82) is 0 Å². The van der Waals surface area contributed by atoms with Crippen LogP contribution < -0.4 is 5.32 Å². The van der Waals surface area contributed by atoms with Gasteiger partial charge < -0.3 is 14.6 Å². The van der Waals surface area contributed by atoms with Gasteiger partial charge in [-0.3, -0.25) is 9.59 Å². The van der Waals surface area contributed by atoms with Gasteiger partial charge in [-0.1, -0.05) is 6.08 Å². The smallest absolute Gasteiger partial charge is 0.287 e. The molecule has 1 aromatic heterocycles. The highest BCUT2D eigenvalue weighted by atomic mass is 16.3. The SMILES string of the molecule is O=C(NCC12CCCC=C1N(CC1CC1)C(=O)CC2)c1ccco1. The van der Waals surface area contributed by atoms with E-state index in [-0.39, 0.29) is 17.2 Å². The van der Waals surface area contributed by atoms with E-state index in [0.29, 0.717) is 24.6 Å². The maximum absolute atomic E-state index is 12.5. The van der Waals surface area contributed by atoms with Crippen LogP contribution in [0.1, 0.15) is 55.5 Å². The number of nitrogens with zero attached hydrogens (tertiary/aromatic N) is 1. The highest BCUT2D eigenvalue weighted by Crippen LogP contribution is 2.47. The van der Waals surface area contributed by atoms with Crippen molar-refractivity contribution in [2.45, 2.75) is 44.9 Å². The van der Waals surface area contributed by atoms with Gasteiger partial charge in [0.1, 0.15) is 0 Å². The van der Waals surface area contributed by atoms with Crippen LogP contribution in [0.2, 0.25) is 0 Å². The van der Waals surface area contributed by atoms with Crippen molar-refractivity contribution in [2.24, 2.45) is 11.3 Å². The predicted octanol–water partition coefficient (Wildman–Crippen LogP) is 3.10. The normalized spacial score (nSPS) is 26.8. The van der Waals surface area contributed by atoms with E-state index in [0.717, 1.165) is 37.9 Å². The molecule has 2 aliphatic carbocycles. The number of hydrogen-bond acceptors (Lipinski definition) is 3. The van der Waals surface area contributed by atoms with Crippen LogP contribution in [-0.2, 0) is 4.79 Å². The number of fused-ring (bicyclic) bond motifs is 1. The van der Waals surface area contributed by atoms with Crippen molar-refractivity contribution in [3.05, 3.63) is 35.9 Å². The Hall–Kier alpha value is -2.04. The predicted molar refractivity (Wildman–Crippen MR) is 89.1 cm³/mol. The summed E-state index contributed by atoms with van der Waals surface area (Å²) < 4.78 is 5.18. The fourth-order valence-electron chi connectivity index (χ4n) is 4.06. The lowest BCUT2D eigenvalue weighted by molar-refractivity contribution is -0.134. The monoisotopic (exact) mass is 328 g/mol. The zero-order valence-corrected chi connectivity index (χ0v) is 13.9. The molecule has 5 heteroatoms. The molecule has 1 unspecified atom stereocenters. The minimum Gasteiger partial charge on any atom is -0.459 e. The number of likely N-dealkylation sites (tertiary alicyclic amines) is 1. The number of piperidine rings is 1. The Morgan fingerprint density at radius 1 is 1.38 bits per heavy atom. The molecule has 0 spiro atoms. The summed E-state index contributed by atoms with van der Waals surface area (Å²) in [5, 5.41) is 3.04. The second-order valence-corrected chi connectivity index (χ2v) is 7.37. The maximum Gasteiger partial charge on any atom is 0.287 e. The van der Waals surface area contributed by atoms with Crippen molar-refractivity contribution in [2.75, 3.05) is 13.1 Å². The van der Waals surface area contributed by atoms with Gasteiger partial charge in [-0.05, 0) is 56.6 Å². The number of carbonyl (C=O) groups is 2. The van der Waals surface area contributed by atoms with Gasteiger partial charge in [0.05, 0.1) is 6.26 Å². The fourth-order valence-corrected chi connectivity index (χ4v) is 4.06. The Balaban J connectivity index is 1.52. The summed E-state index contributed by atoms with van der Waals surface area (Å²) in [5.41, 5.74) is 1.07. The van der Waals surface area contributed by atoms with Crippen molar-refractivity contribution >= 4 is 11.8 Å². The summed E-state index contributed by atoms with van der Waals surface area (Å²) >= 11 is 0. The lowest BCUT2D eigenvalue weighted by Gasteiger charge is -2.47. The lowest BCUT2D eigenvalue weighted by Crippen LogP contribution is -2.51. The van der Waals surface area contributed by atoms with Gasteiger partial charge >= 0.3 is 0 Å². The van der Waals surface area contributed by atoms with Gasteiger partial charge in [-0.25, -0.2) is 0 Å². The summed E-state index contributed by atoms with van der Waals surface area (Å²) in [4.78, 5) is 26.7. The number of carbonyl (C=O) groups excluding carboxylic acids is 2. The van der Waals surface area contributed by atoms with Gasteiger partial charge in [0.15, 0.2) is 5.76 Å². The number of furan rings is 1. The zero-order valence-electron chi connectivity index (χ0n) is 13.9. The second-order valence-electron chi connectivity index (χ2n) is 7.37. The summed E-state index contributed by atoms with van der Waals surface area (Å²) in [6.07, 6.45) is 10.8. The molecule has 1 atom stereocenters. The molecule has 128 valence electrons. The molecule has 0 aromatic carbocycles. The maximum atomic E-state index is 12.5. The fraction of sp³-hybridized carbons (Fsp3) is 0.579. The molecule has 4 rings (SSSR count). The molecule has 24 heavy (non-hydrogen) atoms. The van der Waals surface area contributed by atoms with Crippen LogP contribution in [0.5, 0.6) is 0 Å². The first-order chi connectivity index (χ1) is 11.7. The summed E-state index contributed by atoms with van der Waals surface area (Å²) in [5.74, 6) is 1.09. The van der Waals surface area contributed by atoms with Crippen LogP contribution in [0.25, 0.3) is 0 Å². The molecule has 1 saturated heterocycles. The van der Waals surface area contributed by atoms with E-state index in [1.165, 1.54) is 19.1 Å². The molecule has 2 fully saturated rings. The van der Waals surface area contributed by atoms with E-state index in [2.05, 4.69) is 11.4 Å². The van der Waals surface area contributed by atoms with E-state index in [1.54, 1.807) is 12.1 Å². The zero-order chi connectivity index (χ0) is 16.6. The highest BCUT2D eigenvalue weighted by molar-refractivity contribution is 5.91. The van der Waals surface area contributed by atoms with Crippen molar-refractivity contribution < 1.29 is 14.0 Å². The van der Waals surface area contributed by atoms with Gasteiger partial charge in [0.2, 0.25) is 5.91 Å². The Bertz CT molecular complexity index is 660. The van der Waals surface area contributed by atoms with Crippen molar-refractivity contribution in [3.8, 4) is 0 Å². The third-order valence-electron chi connectivity index (χ3n) is 5.62. The molecule has 2 heterocycles. The van der Waals surface area contributed by atoms with Crippen molar-refractivity contribution in [3.63, 3.8) is 0 Å². The van der Waals surface area contributed by atoms with E-state index in [9.17, 15) is 9.59 Å². The van der Waals surface area contributed by atoms with Crippen LogP contribution in [0, 0.1) is 11.3 Å². The molecular formula is C19H24N2O3. The number of rotatable bonds is 5. The van der Waals surface area contributed by atoms with Gasteiger partial charge in [-0.2, -0.15) is 0 Å². The summed E-state index contributed by atoms with van der Waals surface area (Å²) in [6, 6.07) is 3.39. The molecule has 1 saturated carbocycles. The Kier molecular flexibility index (Phi) is 3.94. The Labute approximate surface area is 142 Å². The first kappa shape index (κ1) is 15.5. The van der Waals surface area contributed by atoms with Gasteiger partial charge in [0, 0.05) is 30.6 Å². The first-order valence-electron chi connectivity index (χ1n) is 9.01. The first-order valence-corrected chi connectivity index (χ1v) is 9.01. The average Bonchev–Trinajstić information content (AvgIpc) is 3.25. The molecule has 1 aliphatic heterocycles. The van der Waals surface area contributed by atoms with Gasteiger partial charge in [0.25, 0.3) is 5.91 Å². The van der Waals surface area contributed by atoms with Crippen LogP contribution in [-0.4, -0.2) is 29.8 Å². The van der Waals surface area contributed by atoms with Crippen LogP contribution >= 0.6 is 0 Å². The summed E-state index contributed by atoms with van der Waals surface area (Å²) in [7, 11) is 0. The summed E-state index contributed by atoms with van der Waals surface area (Å²) in [6.45, 7) is 1.44. The Morgan fingerprint density at radius 3 is 3.00 bits per heavy atom. The molecular weight excluding hydrogens is 304 g/mol. The van der Waals surface area contributed by atoms with Crippen molar-refractivity contribution in [1.82, 2.24) is 10.2 Å². The standard InChI is InChI=1S/C19H24N2O3/c22-17-8-10-19(13-20-18(23)15-4-3-11-24-15)9-2-1-5-16(19)21(17)12-14-6-7-14/h3-5,11,14H,1-2,6-10,12-13H2,(H,20,23). The molecule has 3 aliphatic rings. The van der Waals surface area contributed by atoms with E-state index < -0.39 is 0 Å². The number of hydrogen-bond donors (Lipinski definition) is 1. The lowest BCUT2D eigenvalue weighted by atomic mass is 9.69. The van der Waals surface area contributed by atoms with Crippen LogP contribution in [0.15, 0.2) is 34.6 Å². The minimum absolute atomic E-state index is 0.0939. The molecule has 0 bridgehead atoms. The third kappa shape index (κ3) is 2.87. The number of nitrogens with one attached hydrogen (secondary N) is 1. The topological polar surface area (TPSA) is 62.6 Å². The Morgan fingerprint density at radius 2 is 2.25 bits per heavy atom. The van der Waals surface area contributed by atoms with E-state index in [4.69, 9.17) is 4.42 Å². The van der Waals surface area contributed by atoms with E-state index in [1.807, 2.05) is 4.90 Å². The molecule has 5 nitrogen and oxygen atoms in total. The molecule has 1 aromatic rings. The minimum atomic E-state index is -0.176. The van der Waals surface area contributed by atoms with Gasteiger partial charge in [-0.15, -0.1) is 0 Å². The molecule has 2 amide bonds. The van der Waals surface area contributed by atoms with E-state index >= 15 is 0 Å². The average molecular weight is 328 g/mol. The van der Waals surface area contributed by atoms with Crippen LogP contribution in [0.4, 0.5) is 0 Å². The molecule has 0 radical (unpaired) electrons. The number of allylic oxidation sites excluding steroid dienone is 1. The highest BCUT2D eigenvalue weighted by Gasteiger charge is 2.45. The third-order valence-corrected chi connectivity index (χ3v) is 5.62.